The van der Waals surface area contributed by atoms with Crippen molar-refractivity contribution in [2.75, 3.05) is 12.4 Å². The van der Waals surface area contributed by atoms with Gasteiger partial charge in [-0.3, -0.25) is 0 Å². The van der Waals surface area contributed by atoms with Crippen LogP contribution in [-0.4, -0.2) is 18.1 Å². The first kappa shape index (κ1) is 13.5. The summed E-state index contributed by atoms with van der Waals surface area (Å²) in [4.78, 5) is 16.8. The van der Waals surface area contributed by atoms with Crippen LogP contribution in [0.4, 0.5) is 5.69 Å². The highest BCUT2D eigenvalue weighted by atomic mass is 32.1. The van der Waals surface area contributed by atoms with Gasteiger partial charge < -0.3 is 10.1 Å². The zero-order chi connectivity index (χ0) is 13.8. The lowest BCUT2D eigenvalue weighted by Gasteiger charge is -2.09. The van der Waals surface area contributed by atoms with Crippen molar-refractivity contribution in [2.24, 2.45) is 0 Å². The maximum absolute atomic E-state index is 11.4. The average Bonchev–Trinajstić information content (AvgIpc) is 2.82. The van der Waals surface area contributed by atoms with E-state index in [1.807, 2.05) is 32.2 Å². The fraction of sp³-hybridized carbons (Fsp3) is 0.286. The zero-order valence-corrected chi connectivity index (χ0v) is 12.0. The van der Waals surface area contributed by atoms with Crippen molar-refractivity contribution in [3.8, 4) is 0 Å². The van der Waals surface area contributed by atoms with E-state index >= 15 is 0 Å². The highest BCUT2D eigenvalue weighted by molar-refractivity contribution is 7.11. The molecule has 100 valence electrons. The van der Waals surface area contributed by atoms with Gasteiger partial charge in [-0.2, -0.15) is 0 Å². The largest absolute Gasteiger partial charge is 0.465 e. The minimum Gasteiger partial charge on any atom is -0.465 e. The van der Waals surface area contributed by atoms with Gasteiger partial charge in [0.05, 0.1) is 24.2 Å². The van der Waals surface area contributed by atoms with Crippen LogP contribution in [0.1, 0.15) is 25.8 Å². The number of thiazole rings is 1. The Balaban J connectivity index is 2.07. The van der Waals surface area contributed by atoms with E-state index in [0.29, 0.717) is 5.56 Å². The maximum Gasteiger partial charge on any atom is 0.337 e. The highest BCUT2D eigenvalue weighted by Gasteiger charge is 2.07. The van der Waals surface area contributed by atoms with Gasteiger partial charge in [0.25, 0.3) is 0 Å². The summed E-state index contributed by atoms with van der Waals surface area (Å²) in [6.07, 6.45) is 1.88. The van der Waals surface area contributed by atoms with Crippen LogP contribution in [0.2, 0.25) is 0 Å². The molecule has 0 fully saturated rings. The third-order valence-corrected chi connectivity index (χ3v) is 3.68. The lowest BCUT2D eigenvalue weighted by Crippen LogP contribution is -2.04. The number of aromatic nitrogens is 1. The van der Waals surface area contributed by atoms with Crippen molar-refractivity contribution in [1.29, 1.82) is 0 Å². The minimum absolute atomic E-state index is 0.312. The van der Waals surface area contributed by atoms with Crippen LogP contribution in [0.3, 0.4) is 0 Å². The molecule has 0 bridgehead atoms. The van der Waals surface area contributed by atoms with E-state index < -0.39 is 0 Å². The van der Waals surface area contributed by atoms with Crippen molar-refractivity contribution in [3.63, 3.8) is 0 Å². The first-order valence-electron chi connectivity index (χ1n) is 5.94. The number of carbonyl (C=O) groups excluding carboxylic acids is 1. The van der Waals surface area contributed by atoms with Gasteiger partial charge in [-0.15, -0.1) is 11.3 Å². The molecule has 1 N–H and O–H groups in total. The molecule has 0 aliphatic heterocycles. The van der Waals surface area contributed by atoms with Gasteiger partial charge in [0.2, 0.25) is 0 Å². The summed E-state index contributed by atoms with van der Waals surface area (Å²) in [5.74, 6) is -0.312. The summed E-state index contributed by atoms with van der Waals surface area (Å²) in [6.45, 7) is 4.70. The number of hydrogen-bond donors (Lipinski definition) is 1. The summed E-state index contributed by atoms with van der Waals surface area (Å²) < 4.78 is 4.70. The summed E-state index contributed by atoms with van der Waals surface area (Å²) in [6, 6.07) is 5.49. The van der Waals surface area contributed by atoms with E-state index in [2.05, 4.69) is 10.3 Å². The van der Waals surface area contributed by atoms with Crippen LogP contribution in [0.15, 0.2) is 24.4 Å². The zero-order valence-electron chi connectivity index (χ0n) is 11.2. The van der Waals surface area contributed by atoms with Crippen LogP contribution in [0, 0.1) is 13.8 Å². The number of esters is 1. The third kappa shape index (κ3) is 3.32. The van der Waals surface area contributed by atoms with Gasteiger partial charge in [-0.05, 0) is 37.6 Å². The molecule has 5 heteroatoms. The number of hydrogen-bond acceptors (Lipinski definition) is 5. The van der Waals surface area contributed by atoms with E-state index in [-0.39, 0.29) is 5.97 Å². The number of nitrogens with zero attached hydrogens (tertiary/aromatic N) is 1. The predicted octanol–water partition coefficient (Wildman–Crippen LogP) is 3.16. The number of ether oxygens (including phenoxy) is 1. The number of methoxy groups -OCH3 is 1. The monoisotopic (exact) mass is 276 g/mol. The molecule has 2 aromatic rings. The minimum atomic E-state index is -0.312. The molecule has 0 unspecified atom stereocenters. The van der Waals surface area contributed by atoms with E-state index in [4.69, 9.17) is 4.74 Å². The molecule has 2 rings (SSSR count). The van der Waals surface area contributed by atoms with Gasteiger partial charge in [0.1, 0.15) is 0 Å². The van der Waals surface area contributed by atoms with Crippen molar-refractivity contribution in [1.82, 2.24) is 4.98 Å². The molecule has 0 aliphatic carbocycles. The number of carbonyl (C=O) groups is 1. The Kier molecular flexibility index (Phi) is 4.16. The summed E-state index contributed by atoms with van der Waals surface area (Å²) in [7, 11) is 1.38. The van der Waals surface area contributed by atoms with E-state index in [1.165, 1.54) is 12.0 Å². The summed E-state index contributed by atoms with van der Waals surface area (Å²) >= 11 is 1.68. The SMILES string of the molecule is COC(=O)c1ccc(NCc2cnc(C)s2)c(C)c1. The smallest absolute Gasteiger partial charge is 0.337 e. The maximum atomic E-state index is 11.4. The molecule has 0 radical (unpaired) electrons. The highest BCUT2D eigenvalue weighted by Crippen LogP contribution is 2.19. The number of aryl methyl sites for hydroxylation is 2. The number of rotatable bonds is 4. The molecule has 0 amide bonds. The molecule has 1 aromatic heterocycles. The van der Waals surface area contributed by atoms with Crippen LogP contribution < -0.4 is 5.32 Å². The van der Waals surface area contributed by atoms with Gasteiger partial charge in [0, 0.05) is 16.8 Å². The normalized spacial score (nSPS) is 10.3. The fourth-order valence-electron chi connectivity index (χ4n) is 1.78. The van der Waals surface area contributed by atoms with Crippen LogP contribution in [0.5, 0.6) is 0 Å². The molecule has 19 heavy (non-hydrogen) atoms. The average molecular weight is 276 g/mol. The van der Waals surface area contributed by atoms with Gasteiger partial charge >= 0.3 is 5.97 Å². The molecule has 0 spiro atoms. The van der Waals surface area contributed by atoms with Crippen LogP contribution in [0.25, 0.3) is 0 Å². The molecule has 1 aromatic carbocycles. The Morgan fingerprint density at radius 3 is 2.79 bits per heavy atom. The van der Waals surface area contributed by atoms with Gasteiger partial charge in [0.15, 0.2) is 0 Å². The molecule has 0 saturated carbocycles. The second-order valence-corrected chi connectivity index (χ2v) is 5.54. The number of anilines is 1. The summed E-state index contributed by atoms with van der Waals surface area (Å²) in [5.41, 5.74) is 2.60. The van der Waals surface area contributed by atoms with Crippen molar-refractivity contribution < 1.29 is 9.53 Å². The first-order valence-corrected chi connectivity index (χ1v) is 6.76. The summed E-state index contributed by atoms with van der Waals surface area (Å²) in [5, 5.41) is 4.41. The van der Waals surface area contributed by atoms with Gasteiger partial charge in [-0.25, -0.2) is 9.78 Å². The first-order chi connectivity index (χ1) is 9.10. The Labute approximate surface area is 116 Å². The molecule has 0 atom stereocenters. The number of nitrogens with one attached hydrogen (secondary N) is 1. The molecule has 0 saturated heterocycles. The third-order valence-electron chi connectivity index (χ3n) is 2.77. The fourth-order valence-corrected chi connectivity index (χ4v) is 2.51. The second-order valence-electron chi connectivity index (χ2n) is 4.22. The quantitative estimate of drug-likeness (QED) is 0.872. The topological polar surface area (TPSA) is 51.2 Å². The standard InChI is InChI=1S/C14H16N2O2S/c1-9-6-11(14(17)18-3)4-5-13(9)16-8-12-7-15-10(2)19-12/h4-7,16H,8H2,1-3H3. The predicted molar refractivity (Wildman–Crippen MR) is 76.7 cm³/mol. The molecule has 1 heterocycles. The van der Waals surface area contributed by atoms with E-state index in [9.17, 15) is 4.79 Å². The Morgan fingerprint density at radius 1 is 1.42 bits per heavy atom. The molecular weight excluding hydrogens is 260 g/mol. The van der Waals surface area contributed by atoms with E-state index in [1.54, 1.807) is 17.4 Å². The van der Waals surface area contributed by atoms with Crippen LogP contribution in [-0.2, 0) is 11.3 Å². The van der Waals surface area contributed by atoms with Crippen molar-refractivity contribution in [2.45, 2.75) is 20.4 Å². The van der Waals surface area contributed by atoms with Crippen molar-refractivity contribution in [3.05, 3.63) is 45.4 Å². The molecular formula is C14H16N2O2S. The van der Waals surface area contributed by atoms with Crippen LogP contribution >= 0.6 is 11.3 Å². The number of benzene rings is 1. The van der Waals surface area contributed by atoms with Gasteiger partial charge in [-0.1, -0.05) is 0 Å². The Hall–Kier alpha value is -1.88. The van der Waals surface area contributed by atoms with E-state index in [0.717, 1.165) is 22.8 Å². The lowest BCUT2D eigenvalue weighted by molar-refractivity contribution is 0.0600. The molecule has 0 aliphatic rings. The Morgan fingerprint density at radius 2 is 2.21 bits per heavy atom. The lowest BCUT2D eigenvalue weighted by atomic mass is 10.1. The Bertz CT molecular complexity index is 593. The second kappa shape index (κ2) is 5.84. The molecule has 4 nitrogen and oxygen atoms in total. The van der Waals surface area contributed by atoms with Crippen molar-refractivity contribution >= 4 is 23.0 Å².